The van der Waals surface area contributed by atoms with E-state index in [2.05, 4.69) is 36.3 Å². The molecule has 0 radical (unpaired) electrons. The van der Waals surface area contributed by atoms with Gasteiger partial charge in [0.1, 0.15) is 0 Å². The fourth-order valence-corrected chi connectivity index (χ4v) is 1.56. The molecule has 1 aromatic rings. The summed E-state index contributed by atoms with van der Waals surface area (Å²) in [5, 5.41) is 0. The summed E-state index contributed by atoms with van der Waals surface area (Å²) in [6.45, 7) is 0. The lowest BCUT2D eigenvalue weighted by atomic mass is 9.96. The summed E-state index contributed by atoms with van der Waals surface area (Å²) in [6.07, 6.45) is 13.8. The van der Waals surface area contributed by atoms with Crippen molar-refractivity contribution >= 4 is 0 Å². The summed E-state index contributed by atoms with van der Waals surface area (Å²) in [6, 6.07) is 8.06. The van der Waals surface area contributed by atoms with Crippen molar-refractivity contribution in [3.63, 3.8) is 0 Å². The molecule has 0 saturated carbocycles. The maximum absolute atomic E-state index is 5.42. The van der Waals surface area contributed by atoms with Gasteiger partial charge in [-0.1, -0.05) is 48.4 Å². The zero-order valence-corrected chi connectivity index (χ0v) is 7.27. The van der Waals surface area contributed by atoms with E-state index in [0.717, 1.165) is 5.56 Å². The van der Waals surface area contributed by atoms with Crippen molar-refractivity contribution in [2.45, 2.75) is 5.92 Å². The van der Waals surface area contributed by atoms with Crippen molar-refractivity contribution in [2.24, 2.45) is 0 Å². The van der Waals surface area contributed by atoms with Crippen LogP contribution < -0.4 is 0 Å². The number of hydrogen-bond acceptors (Lipinski definition) is 0. The summed E-state index contributed by atoms with van der Waals surface area (Å²) in [5.74, 6) is 3.07. The van der Waals surface area contributed by atoms with Crippen molar-refractivity contribution < 1.29 is 0 Å². The fourth-order valence-electron chi connectivity index (χ4n) is 1.56. The van der Waals surface area contributed by atoms with Gasteiger partial charge in [-0.15, -0.1) is 6.42 Å². The average Bonchev–Trinajstić information content (AvgIpc) is 2.70. The molecule has 1 aromatic carbocycles. The Hall–Kier alpha value is -1.74. The van der Waals surface area contributed by atoms with Crippen LogP contribution in [0.25, 0.3) is 0 Å². The molecule has 13 heavy (non-hydrogen) atoms. The quantitative estimate of drug-likeness (QED) is 0.563. The topological polar surface area (TPSA) is 0 Å². The van der Waals surface area contributed by atoms with Crippen LogP contribution in [0.15, 0.2) is 48.6 Å². The summed E-state index contributed by atoms with van der Waals surface area (Å²) >= 11 is 0. The van der Waals surface area contributed by atoms with Gasteiger partial charge >= 0.3 is 0 Å². The van der Waals surface area contributed by atoms with Crippen LogP contribution in [0.3, 0.4) is 0 Å². The Bertz CT molecular complexity index is 390. The van der Waals surface area contributed by atoms with Crippen LogP contribution in [0.5, 0.6) is 0 Å². The summed E-state index contributed by atoms with van der Waals surface area (Å²) in [7, 11) is 0. The first kappa shape index (κ1) is 7.89. The fraction of sp³-hybridized carbons (Fsp3) is 0.0769. The van der Waals surface area contributed by atoms with Crippen LogP contribution in [0.2, 0.25) is 0 Å². The van der Waals surface area contributed by atoms with Crippen LogP contribution in [0.1, 0.15) is 17.0 Å². The van der Waals surface area contributed by atoms with E-state index >= 15 is 0 Å². The Morgan fingerprint density at radius 3 is 2.46 bits per heavy atom. The second kappa shape index (κ2) is 3.33. The first-order chi connectivity index (χ1) is 6.42. The molecule has 62 valence electrons. The Kier molecular flexibility index (Phi) is 2.02. The van der Waals surface area contributed by atoms with E-state index in [1.54, 1.807) is 0 Å². The minimum atomic E-state index is 0.368. The van der Waals surface area contributed by atoms with Crippen LogP contribution in [0, 0.1) is 12.3 Å². The third-order valence-corrected chi connectivity index (χ3v) is 2.22. The summed E-state index contributed by atoms with van der Waals surface area (Å²) in [4.78, 5) is 0. The van der Waals surface area contributed by atoms with Crippen molar-refractivity contribution in [1.29, 1.82) is 0 Å². The predicted octanol–water partition coefficient (Wildman–Crippen LogP) is 2.88. The standard InChI is InChI=1S/C13H10/c1-2-11-7-5-6-10-13(11)12-8-3-4-9-12/h1,3-10,12H. The Morgan fingerprint density at radius 1 is 1.08 bits per heavy atom. The average molecular weight is 166 g/mol. The molecule has 1 aliphatic rings. The molecular weight excluding hydrogens is 156 g/mol. The van der Waals surface area contributed by atoms with Gasteiger partial charge in [-0.2, -0.15) is 0 Å². The first-order valence-electron chi connectivity index (χ1n) is 4.32. The van der Waals surface area contributed by atoms with Crippen molar-refractivity contribution in [3.8, 4) is 12.3 Å². The van der Waals surface area contributed by atoms with Gasteiger partial charge in [0, 0.05) is 11.5 Å². The van der Waals surface area contributed by atoms with Crippen LogP contribution in [0.4, 0.5) is 0 Å². The second-order valence-electron chi connectivity index (χ2n) is 3.03. The minimum absolute atomic E-state index is 0.368. The predicted molar refractivity (Wildman–Crippen MR) is 55.4 cm³/mol. The lowest BCUT2D eigenvalue weighted by Gasteiger charge is -2.07. The summed E-state index contributed by atoms with van der Waals surface area (Å²) in [5.41, 5.74) is 2.21. The van der Waals surface area contributed by atoms with Crippen LogP contribution in [-0.4, -0.2) is 0 Å². The molecule has 0 heteroatoms. The first-order valence-corrected chi connectivity index (χ1v) is 4.32. The Morgan fingerprint density at radius 2 is 1.77 bits per heavy atom. The van der Waals surface area contributed by atoms with Gasteiger partial charge in [-0.3, -0.25) is 0 Å². The third kappa shape index (κ3) is 1.41. The molecule has 0 unspecified atom stereocenters. The minimum Gasteiger partial charge on any atom is -0.115 e. The van der Waals surface area contributed by atoms with E-state index in [0.29, 0.717) is 5.92 Å². The molecule has 0 bridgehead atoms. The lowest BCUT2D eigenvalue weighted by Crippen LogP contribution is -1.92. The highest BCUT2D eigenvalue weighted by Gasteiger charge is 2.09. The third-order valence-electron chi connectivity index (χ3n) is 2.22. The van der Waals surface area contributed by atoms with Crippen molar-refractivity contribution in [2.75, 3.05) is 0 Å². The molecule has 0 nitrogen and oxygen atoms in total. The number of terminal acetylenes is 1. The van der Waals surface area contributed by atoms with E-state index in [9.17, 15) is 0 Å². The molecule has 0 fully saturated rings. The Labute approximate surface area is 78.6 Å². The van der Waals surface area contributed by atoms with E-state index in [1.165, 1.54) is 5.56 Å². The molecular formula is C13H10. The molecule has 0 aliphatic heterocycles. The SMILES string of the molecule is C#Cc1ccccc1C1C=CC=C1. The van der Waals surface area contributed by atoms with Gasteiger partial charge in [-0.05, 0) is 11.6 Å². The van der Waals surface area contributed by atoms with E-state index < -0.39 is 0 Å². The largest absolute Gasteiger partial charge is 0.115 e. The van der Waals surface area contributed by atoms with Crippen molar-refractivity contribution in [1.82, 2.24) is 0 Å². The second-order valence-corrected chi connectivity index (χ2v) is 3.03. The van der Waals surface area contributed by atoms with Gasteiger partial charge in [0.15, 0.2) is 0 Å². The monoisotopic (exact) mass is 166 g/mol. The van der Waals surface area contributed by atoms with Gasteiger partial charge < -0.3 is 0 Å². The smallest absolute Gasteiger partial charge is 0.0283 e. The van der Waals surface area contributed by atoms with Gasteiger partial charge in [-0.25, -0.2) is 0 Å². The van der Waals surface area contributed by atoms with E-state index in [1.807, 2.05) is 18.2 Å². The summed E-state index contributed by atoms with van der Waals surface area (Å²) < 4.78 is 0. The molecule has 1 aliphatic carbocycles. The molecule has 0 atom stereocenters. The molecule has 2 rings (SSSR count). The zero-order valence-electron chi connectivity index (χ0n) is 7.27. The van der Waals surface area contributed by atoms with Crippen LogP contribution >= 0.6 is 0 Å². The van der Waals surface area contributed by atoms with Crippen molar-refractivity contribution in [3.05, 3.63) is 59.7 Å². The lowest BCUT2D eigenvalue weighted by molar-refractivity contribution is 1.10. The highest BCUT2D eigenvalue weighted by molar-refractivity contribution is 5.46. The van der Waals surface area contributed by atoms with Gasteiger partial charge in [0.25, 0.3) is 0 Å². The highest BCUT2D eigenvalue weighted by atomic mass is 14.1. The number of benzene rings is 1. The molecule has 0 saturated heterocycles. The Balaban J connectivity index is 2.45. The molecule has 0 spiro atoms. The van der Waals surface area contributed by atoms with E-state index in [-0.39, 0.29) is 0 Å². The van der Waals surface area contributed by atoms with Gasteiger partial charge in [0.05, 0.1) is 0 Å². The number of hydrogen-bond donors (Lipinski definition) is 0. The van der Waals surface area contributed by atoms with Crippen LogP contribution in [-0.2, 0) is 0 Å². The van der Waals surface area contributed by atoms with E-state index in [4.69, 9.17) is 6.42 Å². The number of rotatable bonds is 1. The molecule has 0 aromatic heterocycles. The zero-order chi connectivity index (χ0) is 9.10. The molecule has 0 amide bonds. The maximum Gasteiger partial charge on any atom is 0.0283 e. The van der Waals surface area contributed by atoms with Gasteiger partial charge in [0.2, 0.25) is 0 Å². The number of allylic oxidation sites excluding steroid dienone is 4. The molecule has 0 N–H and O–H groups in total. The normalized spacial score (nSPS) is 14.7. The highest BCUT2D eigenvalue weighted by Crippen LogP contribution is 2.25. The molecule has 0 heterocycles. The maximum atomic E-state index is 5.42.